The van der Waals surface area contributed by atoms with Gasteiger partial charge in [-0.05, 0) is 30.3 Å². The predicted molar refractivity (Wildman–Crippen MR) is 85.5 cm³/mol. The summed E-state index contributed by atoms with van der Waals surface area (Å²) in [5.74, 6) is -0.0287. The van der Waals surface area contributed by atoms with Crippen molar-refractivity contribution in [2.24, 2.45) is 0 Å². The Labute approximate surface area is 138 Å². The van der Waals surface area contributed by atoms with E-state index < -0.39 is 11.8 Å². The normalized spacial score (nSPS) is 9.83. The largest absolute Gasteiger partial charge is 0.493 e. The van der Waals surface area contributed by atoms with Gasteiger partial charge < -0.3 is 9.47 Å². The smallest absolute Gasteiger partial charge is 0.276 e. The average Bonchev–Trinajstić information content (AvgIpc) is 2.58. The predicted octanol–water partition coefficient (Wildman–Crippen LogP) is 2.19. The fourth-order valence-corrected chi connectivity index (χ4v) is 1.94. The molecular formula is C16H15ClN2O4. The van der Waals surface area contributed by atoms with Crippen LogP contribution < -0.4 is 20.3 Å². The molecular weight excluding hydrogens is 320 g/mol. The first kappa shape index (κ1) is 16.6. The second-order valence-corrected chi connectivity index (χ2v) is 4.89. The van der Waals surface area contributed by atoms with Crippen molar-refractivity contribution >= 4 is 23.4 Å². The van der Waals surface area contributed by atoms with Crippen molar-refractivity contribution in [2.45, 2.75) is 0 Å². The van der Waals surface area contributed by atoms with Gasteiger partial charge in [0.1, 0.15) is 0 Å². The monoisotopic (exact) mass is 334 g/mol. The highest BCUT2D eigenvalue weighted by atomic mass is 35.5. The van der Waals surface area contributed by atoms with Crippen LogP contribution in [0.1, 0.15) is 10.4 Å². The second kappa shape index (κ2) is 8.05. The third kappa shape index (κ3) is 4.89. The highest BCUT2D eigenvalue weighted by Gasteiger charge is 2.09. The molecule has 0 aromatic heterocycles. The summed E-state index contributed by atoms with van der Waals surface area (Å²) in [6.07, 6.45) is 0. The summed E-state index contributed by atoms with van der Waals surface area (Å²) in [6.45, 7) is -0.268. The van der Waals surface area contributed by atoms with Crippen LogP contribution in [0, 0.1) is 0 Å². The lowest BCUT2D eigenvalue weighted by atomic mass is 10.2. The molecule has 0 aliphatic heterocycles. The summed E-state index contributed by atoms with van der Waals surface area (Å²) in [5, 5.41) is 0.434. The minimum Gasteiger partial charge on any atom is -0.493 e. The van der Waals surface area contributed by atoms with Crippen LogP contribution in [-0.4, -0.2) is 25.5 Å². The number of halogens is 1. The van der Waals surface area contributed by atoms with Gasteiger partial charge >= 0.3 is 0 Å². The van der Waals surface area contributed by atoms with E-state index in [1.807, 2.05) is 0 Å². The van der Waals surface area contributed by atoms with Crippen LogP contribution in [0.2, 0.25) is 5.02 Å². The van der Waals surface area contributed by atoms with Crippen molar-refractivity contribution < 1.29 is 19.1 Å². The molecule has 0 fully saturated rings. The summed E-state index contributed by atoms with van der Waals surface area (Å²) in [4.78, 5) is 23.5. The highest BCUT2D eigenvalue weighted by Crippen LogP contribution is 2.25. The SMILES string of the molecule is COc1ccccc1OCC(=O)NNC(=O)c1cccc(Cl)c1. The molecule has 0 saturated carbocycles. The first-order valence-corrected chi connectivity index (χ1v) is 7.08. The zero-order valence-electron chi connectivity index (χ0n) is 12.3. The minimum atomic E-state index is -0.508. The Morgan fingerprint density at radius 1 is 1.04 bits per heavy atom. The molecule has 120 valence electrons. The van der Waals surface area contributed by atoms with Crippen LogP contribution in [0.15, 0.2) is 48.5 Å². The molecule has 0 spiro atoms. The number of nitrogens with one attached hydrogen (secondary N) is 2. The van der Waals surface area contributed by atoms with E-state index in [1.165, 1.54) is 13.2 Å². The molecule has 0 heterocycles. The summed E-state index contributed by atoms with van der Waals surface area (Å²) in [6, 6.07) is 13.3. The first-order valence-electron chi connectivity index (χ1n) is 6.70. The maximum absolute atomic E-state index is 11.8. The zero-order valence-corrected chi connectivity index (χ0v) is 13.1. The first-order chi connectivity index (χ1) is 11.1. The van der Waals surface area contributed by atoms with Crippen LogP contribution in [0.3, 0.4) is 0 Å². The highest BCUT2D eigenvalue weighted by molar-refractivity contribution is 6.30. The Morgan fingerprint density at radius 2 is 1.78 bits per heavy atom. The molecule has 2 aromatic carbocycles. The minimum absolute atomic E-state index is 0.268. The summed E-state index contributed by atoms with van der Waals surface area (Å²) < 4.78 is 10.4. The van der Waals surface area contributed by atoms with Crippen molar-refractivity contribution in [1.29, 1.82) is 0 Å². The lowest BCUT2D eigenvalue weighted by molar-refractivity contribution is -0.123. The molecule has 6 nitrogen and oxygen atoms in total. The molecule has 0 atom stereocenters. The number of para-hydroxylation sites is 2. The maximum atomic E-state index is 11.8. The van der Waals surface area contributed by atoms with Crippen molar-refractivity contribution in [3.05, 3.63) is 59.1 Å². The van der Waals surface area contributed by atoms with E-state index in [4.69, 9.17) is 21.1 Å². The van der Waals surface area contributed by atoms with Gasteiger partial charge in [0.05, 0.1) is 7.11 Å². The summed E-state index contributed by atoms with van der Waals surface area (Å²) >= 11 is 5.80. The number of hydrogen-bond donors (Lipinski definition) is 2. The number of hydrogen-bond acceptors (Lipinski definition) is 4. The fraction of sp³-hybridized carbons (Fsp3) is 0.125. The van der Waals surface area contributed by atoms with E-state index in [-0.39, 0.29) is 6.61 Å². The molecule has 2 aromatic rings. The number of benzene rings is 2. The van der Waals surface area contributed by atoms with Crippen LogP contribution in [-0.2, 0) is 4.79 Å². The third-order valence-electron chi connectivity index (χ3n) is 2.83. The van der Waals surface area contributed by atoms with Crippen LogP contribution in [0.25, 0.3) is 0 Å². The van der Waals surface area contributed by atoms with Gasteiger partial charge in [-0.2, -0.15) is 0 Å². The fourth-order valence-electron chi connectivity index (χ4n) is 1.75. The number of hydrazine groups is 1. The molecule has 0 bridgehead atoms. The van der Waals surface area contributed by atoms with Gasteiger partial charge in [-0.3, -0.25) is 20.4 Å². The second-order valence-electron chi connectivity index (χ2n) is 4.45. The van der Waals surface area contributed by atoms with Crippen molar-refractivity contribution in [3.8, 4) is 11.5 Å². The molecule has 2 N–H and O–H groups in total. The lowest BCUT2D eigenvalue weighted by Gasteiger charge is -2.11. The number of carbonyl (C=O) groups is 2. The van der Waals surface area contributed by atoms with Gasteiger partial charge in [-0.1, -0.05) is 29.8 Å². The Kier molecular flexibility index (Phi) is 5.82. The topological polar surface area (TPSA) is 76.7 Å². The number of ether oxygens (including phenoxy) is 2. The van der Waals surface area contributed by atoms with Crippen molar-refractivity contribution in [2.75, 3.05) is 13.7 Å². The molecule has 0 radical (unpaired) electrons. The number of rotatable bonds is 5. The van der Waals surface area contributed by atoms with Crippen molar-refractivity contribution in [1.82, 2.24) is 10.9 Å². The Morgan fingerprint density at radius 3 is 2.48 bits per heavy atom. The third-order valence-corrected chi connectivity index (χ3v) is 3.07. The van der Waals surface area contributed by atoms with Crippen LogP contribution >= 0.6 is 11.6 Å². The van der Waals surface area contributed by atoms with E-state index in [0.717, 1.165) is 0 Å². The van der Waals surface area contributed by atoms with Gasteiger partial charge in [0.15, 0.2) is 18.1 Å². The van der Waals surface area contributed by atoms with Gasteiger partial charge in [-0.25, -0.2) is 0 Å². The molecule has 7 heteroatoms. The molecule has 0 unspecified atom stereocenters. The van der Waals surface area contributed by atoms with E-state index in [0.29, 0.717) is 22.1 Å². The molecule has 2 rings (SSSR count). The van der Waals surface area contributed by atoms with E-state index in [1.54, 1.807) is 42.5 Å². The summed E-state index contributed by atoms with van der Waals surface area (Å²) in [7, 11) is 1.51. The number of carbonyl (C=O) groups excluding carboxylic acids is 2. The standard InChI is InChI=1S/C16H15ClN2O4/c1-22-13-7-2-3-8-14(13)23-10-15(20)18-19-16(21)11-5-4-6-12(17)9-11/h2-9H,10H2,1H3,(H,18,20)(H,19,21). The lowest BCUT2D eigenvalue weighted by Crippen LogP contribution is -2.43. The van der Waals surface area contributed by atoms with Crippen LogP contribution in [0.5, 0.6) is 11.5 Å². The molecule has 0 saturated heterocycles. The average molecular weight is 335 g/mol. The molecule has 0 aliphatic carbocycles. The van der Waals surface area contributed by atoms with Crippen molar-refractivity contribution in [3.63, 3.8) is 0 Å². The Hall–Kier alpha value is -2.73. The molecule has 0 aliphatic rings. The Bertz CT molecular complexity index is 706. The zero-order chi connectivity index (χ0) is 16.7. The molecule has 2 amide bonds. The van der Waals surface area contributed by atoms with Gasteiger partial charge in [0.25, 0.3) is 11.8 Å². The molecule has 23 heavy (non-hydrogen) atoms. The summed E-state index contributed by atoms with van der Waals surface area (Å²) in [5.41, 5.74) is 4.88. The maximum Gasteiger partial charge on any atom is 0.276 e. The van der Waals surface area contributed by atoms with E-state index in [2.05, 4.69) is 10.9 Å². The van der Waals surface area contributed by atoms with E-state index in [9.17, 15) is 9.59 Å². The van der Waals surface area contributed by atoms with Gasteiger partial charge in [0.2, 0.25) is 0 Å². The number of methoxy groups -OCH3 is 1. The van der Waals surface area contributed by atoms with Gasteiger partial charge in [0, 0.05) is 10.6 Å². The van der Waals surface area contributed by atoms with Crippen LogP contribution in [0.4, 0.5) is 0 Å². The van der Waals surface area contributed by atoms with Gasteiger partial charge in [-0.15, -0.1) is 0 Å². The number of amides is 2. The van der Waals surface area contributed by atoms with E-state index >= 15 is 0 Å². The Balaban J connectivity index is 1.82. The quantitative estimate of drug-likeness (QED) is 0.822.